The third kappa shape index (κ3) is 4.26. The SMILES string of the molecule is C[C@H]1CCCN1C(=O)N1CCN(C2CC(CN)(CCn3cc(-c4ncnc5[nH]ccc45)cn3)C2)CC1. The maximum atomic E-state index is 12.9. The fourth-order valence-corrected chi connectivity index (χ4v) is 6.41. The second kappa shape index (κ2) is 9.48. The van der Waals surface area contributed by atoms with Crippen LogP contribution in [0.25, 0.3) is 22.3 Å². The van der Waals surface area contributed by atoms with Crippen LogP contribution in [0.1, 0.15) is 39.0 Å². The zero-order valence-electron chi connectivity index (χ0n) is 21.1. The molecular weight excluding hydrogens is 454 g/mol. The number of nitrogens with one attached hydrogen (secondary N) is 1. The highest BCUT2D eigenvalue weighted by atomic mass is 16.2. The van der Waals surface area contributed by atoms with Gasteiger partial charge in [-0.2, -0.15) is 5.10 Å². The van der Waals surface area contributed by atoms with Gasteiger partial charge in [0.05, 0.1) is 11.9 Å². The van der Waals surface area contributed by atoms with Crippen LogP contribution in [0.4, 0.5) is 4.79 Å². The lowest BCUT2D eigenvalue weighted by atomic mass is 9.63. The van der Waals surface area contributed by atoms with Crippen LogP contribution in [0.3, 0.4) is 0 Å². The van der Waals surface area contributed by atoms with E-state index < -0.39 is 0 Å². The Bertz CT molecular complexity index is 1200. The molecule has 0 aromatic carbocycles. The molecule has 10 heteroatoms. The Hall–Kier alpha value is -2.98. The van der Waals surface area contributed by atoms with E-state index in [0.717, 1.165) is 93.7 Å². The number of aromatic nitrogens is 5. The van der Waals surface area contributed by atoms with Crippen LogP contribution in [-0.2, 0) is 6.54 Å². The summed E-state index contributed by atoms with van der Waals surface area (Å²) in [6.45, 7) is 8.24. The van der Waals surface area contributed by atoms with Crippen LogP contribution < -0.4 is 5.73 Å². The highest BCUT2D eigenvalue weighted by Gasteiger charge is 2.46. The van der Waals surface area contributed by atoms with Gasteiger partial charge in [-0.05, 0) is 57.1 Å². The van der Waals surface area contributed by atoms with E-state index in [1.807, 2.05) is 23.1 Å². The first-order valence-electron chi connectivity index (χ1n) is 13.4. The number of likely N-dealkylation sites (tertiary alicyclic amines) is 1. The highest BCUT2D eigenvalue weighted by Crippen LogP contribution is 2.46. The molecule has 192 valence electrons. The number of H-pyrrole nitrogens is 1. The maximum absolute atomic E-state index is 12.9. The molecule has 3 N–H and O–H groups in total. The van der Waals surface area contributed by atoms with Crippen LogP contribution in [0.15, 0.2) is 31.0 Å². The average Bonchev–Trinajstić information content (AvgIpc) is 3.64. The van der Waals surface area contributed by atoms with Gasteiger partial charge in [0.2, 0.25) is 0 Å². The van der Waals surface area contributed by atoms with Crippen LogP contribution >= 0.6 is 0 Å². The average molecular weight is 492 g/mol. The van der Waals surface area contributed by atoms with E-state index in [1.165, 1.54) is 0 Å². The van der Waals surface area contributed by atoms with E-state index in [0.29, 0.717) is 18.6 Å². The topological polar surface area (TPSA) is 112 Å². The molecule has 0 unspecified atom stereocenters. The molecule has 3 aromatic heterocycles. The Kier molecular flexibility index (Phi) is 6.17. The minimum atomic E-state index is 0.178. The van der Waals surface area contributed by atoms with Crippen molar-refractivity contribution < 1.29 is 4.79 Å². The first kappa shape index (κ1) is 23.4. The number of hydrogen-bond acceptors (Lipinski definition) is 6. The van der Waals surface area contributed by atoms with E-state index in [1.54, 1.807) is 6.33 Å². The quantitative estimate of drug-likeness (QED) is 0.548. The fraction of sp³-hybridized carbons (Fsp3) is 0.615. The number of rotatable bonds is 6. The number of amides is 2. The molecule has 1 aliphatic carbocycles. The second-order valence-corrected chi connectivity index (χ2v) is 11.0. The van der Waals surface area contributed by atoms with Gasteiger partial charge < -0.3 is 20.5 Å². The van der Waals surface area contributed by atoms with Crippen LogP contribution in [0.5, 0.6) is 0 Å². The van der Waals surface area contributed by atoms with Gasteiger partial charge in [0, 0.05) is 74.7 Å². The summed E-state index contributed by atoms with van der Waals surface area (Å²) in [5, 5.41) is 5.61. The monoisotopic (exact) mass is 491 g/mol. The largest absolute Gasteiger partial charge is 0.346 e. The molecule has 6 rings (SSSR count). The summed E-state index contributed by atoms with van der Waals surface area (Å²) >= 11 is 0. The zero-order valence-corrected chi connectivity index (χ0v) is 21.1. The van der Waals surface area contributed by atoms with Crippen molar-refractivity contribution in [1.29, 1.82) is 0 Å². The second-order valence-electron chi connectivity index (χ2n) is 11.0. The van der Waals surface area contributed by atoms with Gasteiger partial charge in [0.15, 0.2) is 0 Å². The van der Waals surface area contributed by atoms with Gasteiger partial charge in [0.25, 0.3) is 0 Å². The molecule has 2 saturated heterocycles. The number of hydrogen-bond donors (Lipinski definition) is 2. The Morgan fingerprint density at radius 1 is 1.19 bits per heavy atom. The third-order valence-corrected chi connectivity index (χ3v) is 8.80. The molecule has 2 amide bonds. The van der Waals surface area contributed by atoms with E-state index >= 15 is 0 Å². The molecule has 3 fully saturated rings. The molecular formula is C26H37N9O. The van der Waals surface area contributed by atoms with Crippen molar-refractivity contribution in [2.75, 3.05) is 39.3 Å². The summed E-state index contributed by atoms with van der Waals surface area (Å²) in [6.07, 6.45) is 13.0. The van der Waals surface area contributed by atoms with Crippen molar-refractivity contribution in [2.24, 2.45) is 11.1 Å². The molecule has 0 spiro atoms. The molecule has 3 aromatic rings. The lowest BCUT2D eigenvalue weighted by molar-refractivity contribution is -0.0209. The molecule has 0 radical (unpaired) electrons. The Balaban J connectivity index is 1.01. The number of urea groups is 1. The van der Waals surface area contributed by atoms with Crippen LogP contribution in [-0.4, -0.2) is 96.8 Å². The third-order valence-electron chi connectivity index (χ3n) is 8.80. The van der Waals surface area contributed by atoms with Gasteiger partial charge in [-0.3, -0.25) is 9.58 Å². The first-order valence-corrected chi connectivity index (χ1v) is 13.4. The molecule has 5 heterocycles. The first-order chi connectivity index (χ1) is 17.5. The number of nitrogens with two attached hydrogens (primary N) is 1. The standard InChI is InChI=1S/C26H37N9O/c1-19-3-2-7-35(19)25(36)33-11-9-32(10-12-33)21-13-26(14-21,17-27)5-8-34-16-20(15-31-34)23-22-4-6-28-24(22)30-18-29-23/h4,6,15-16,18-19,21H,2-3,5,7-14,17,27H2,1H3,(H,28,29,30)/t19-,21?,26?/m0/s1. The molecule has 2 aliphatic heterocycles. The Labute approximate surface area is 211 Å². The van der Waals surface area contributed by atoms with Crippen molar-refractivity contribution >= 4 is 17.1 Å². The Morgan fingerprint density at radius 2 is 2.03 bits per heavy atom. The Morgan fingerprint density at radius 3 is 2.78 bits per heavy atom. The van der Waals surface area contributed by atoms with Gasteiger partial charge in [-0.1, -0.05) is 0 Å². The minimum absolute atomic E-state index is 0.178. The number of carbonyl (C=O) groups is 1. The summed E-state index contributed by atoms with van der Waals surface area (Å²) in [6, 6.07) is 3.20. The van der Waals surface area contributed by atoms with Crippen molar-refractivity contribution in [3.8, 4) is 11.3 Å². The summed E-state index contributed by atoms with van der Waals surface area (Å²) in [4.78, 5) is 31.5. The summed E-state index contributed by atoms with van der Waals surface area (Å²) < 4.78 is 2.02. The van der Waals surface area contributed by atoms with Gasteiger partial charge in [-0.25, -0.2) is 14.8 Å². The predicted molar refractivity (Wildman–Crippen MR) is 138 cm³/mol. The van der Waals surface area contributed by atoms with E-state index in [2.05, 4.69) is 47.9 Å². The summed E-state index contributed by atoms with van der Waals surface area (Å²) in [7, 11) is 0. The number of nitrogens with zero attached hydrogens (tertiary/aromatic N) is 7. The minimum Gasteiger partial charge on any atom is -0.346 e. The molecule has 1 atom stereocenters. The molecule has 36 heavy (non-hydrogen) atoms. The van der Waals surface area contributed by atoms with Crippen LogP contribution in [0, 0.1) is 5.41 Å². The van der Waals surface area contributed by atoms with E-state index in [4.69, 9.17) is 5.73 Å². The van der Waals surface area contributed by atoms with Crippen molar-refractivity contribution in [3.63, 3.8) is 0 Å². The predicted octanol–water partition coefficient (Wildman–Crippen LogP) is 2.54. The van der Waals surface area contributed by atoms with E-state index in [9.17, 15) is 4.79 Å². The number of carbonyl (C=O) groups excluding carboxylic acids is 1. The summed E-state index contributed by atoms with van der Waals surface area (Å²) in [5.41, 5.74) is 9.22. The number of piperazine rings is 1. The van der Waals surface area contributed by atoms with Crippen molar-refractivity contribution in [3.05, 3.63) is 31.0 Å². The number of aryl methyl sites for hydroxylation is 1. The molecule has 1 saturated carbocycles. The smallest absolute Gasteiger partial charge is 0.320 e. The maximum Gasteiger partial charge on any atom is 0.320 e. The van der Waals surface area contributed by atoms with Gasteiger partial charge >= 0.3 is 6.03 Å². The lowest BCUT2D eigenvalue weighted by Gasteiger charge is -2.53. The van der Waals surface area contributed by atoms with Gasteiger partial charge in [0.1, 0.15) is 12.0 Å². The normalized spacial score (nSPS) is 27.1. The summed E-state index contributed by atoms with van der Waals surface area (Å²) in [5.74, 6) is 0. The number of aromatic amines is 1. The zero-order chi connectivity index (χ0) is 24.7. The van der Waals surface area contributed by atoms with Crippen LogP contribution in [0.2, 0.25) is 0 Å². The fourth-order valence-electron chi connectivity index (χ4n) is 6.41. The molecule has 3 aliphatic rings. The highest BCUT2D eigenvalue weighted by molar-refractivity contribution is 5.89. The van der Waals surface area contributed by atoms with Crippen molar-refractivity contribution in [1.82, 2.24) is 39.4 Å². The van der Waals surface area contributed by atoms with E-state index in [-0.39, 0.29) is 11.4 Å². The molecule has 0 bridgehead atoms. The lowest BCUT2D eigenvalue weighted by Crippen LogP contribution is -2.60. The molecule has 10 nitrogen and oxygen atoms in total. The number of fused-ring (bicyclic) bond motifs is 1. The van der Waals surface area contributed by atoms with Crippen molar-refractivity contribution in [2.45, 2.75) is 57.7 Å². The van der Waals surface area contributed by atoms with Gasteiger partial charge in [-0.15, -0.1) is 0 Å².